The van der Waals surface area contributed by atoms with E-state index in [0.717, 1.165) is 28.3 Å². The molecule has 6 nitrogen and oxygen atoms in total. The minimum Gasteiger partial charge on any atom is -0.497 e. The van der Waals surface area contributed by atoms with Crippen molar-refractivity contribution in [2.45, 2.75) is 6.92 Å². The van der Waals surface area contributed by atoms with Crippen molar-refractivity contribution in [3.63, 3.8) is 0 Å². The molecule has 2 heterocycles. The summed E-state index contributed by atoms with van der Waals surface area (Å²) in [5.41, 5.74) is 4.38. The number of aromatic nitrogens is 2. The average Bonchev–Trinajstić information content (AvgIpc) is 3.09. The predicted octanol–water partition coefficient (Wildman–Crippen LogP) is 4.34. The van der Waals surface area contributed by atoms with E-state index in [2.05, 4.69) is 5.32 Å². The van der Waals surface area contributed by atoms with Crippen molar-refractivity contribution in [3.8, 4) is 22.8 Å². The molecule has 0 aliphatic heterocycles. The fraction of sp³-hybridized carbons (Fsp3) is 0.130. The van der Waals surface area contributed by atoms with Crippen LogP contribution in [0.15, 0.2) is 72.9 Å². The fourth-order valence-corrected chi connectivity index (χ4v) is 3.12. The molecule has 0 fully saturated rings. The Kier molecular flexibility index (Phi) is 5.16. The molecule has 0 saturated carbocycles. The van der Waals surface area contributed by atoms with Crippen LogP contribution in [0.1, 0.15) is 5.69 Å². The topological polar surface area (TPSA) is 64.9 Å². The lowest BCUT2D eigenvalue weighted by atomic mass is 10.1. The number of rotatable bonds is 6. The molecule has 1 N–H and O–H groups in total. The smallest absolute Gasteiger partial charge is 0.262 e. The van der Waals surface area contributed by atoms with Crippen LogP contribution in [-0.2, 0) is 4.79 Å². The molecule has 0 atom stereocenters. The zero-order valence-electron chi connectivity index (χ0n) is 16.3. The van der Waals surface area contributed by atoms with E-state index in [0.29, 0.717) is 11.4 Å². The molecule has 0 aliphatic carbocycles. The van der Waals surface area contributed by atoms with E-state index in [1.807, 2.05) is 84.3 Å². The summed E-state index contributed by atoms with van der Waals surface area (Å²) in [6.45, 7) is 1.95. The second kappa shape index (κ2) is 8.06. The highest BCUT2D eigenvalue weighted by atomic mass is 16.5. The second-order valence-electron chi connectivity index (χ2n) is 6.57. The number of nitrogens with one attached hydrogen (secondary N) is 1. The summed E-state index contributed by atoms with van der Waals surface area (Å²) in [4.78, 5) is 16.9. The number of nitrogens with zero attached hydrogens (tertiary/aromatic N) is 2. The van der Waals surface area contributed by atoms with Crippen LogP contribution in [0, 0.1) is 6.92 Å². The summed E-state index contributed by atoms with van der Waals surface area (Å²) < 4.78 is 12.7. The monoisotopic (exact) mass is 387 g/mol. The number of hydrogen-bond acceptors (Lipinski definition) is 4. The third kappa shape index (κ3) is 4.06. The summed E-state index contributed by atoms with van der Waals surface area (Å²) in [6, 6.07) is 20.8. The Bertz CT molecular complexity index is 1140. The Morgan fingerprint density at radius 3 is 2.48 bits per heavy atom. The van der Waals surface area contributed by atoms with Gasteiger partial charge in [0.05, 0.1) is 18.5 Å². The Hall–Kier alpha value is -3.80. The zero-order valence-corrected chi connectivity index (χ0v) is 16.3. The van der Waals surface area contributed by atoms with E-state index in [1.54, 1.807) is 7.11 Å². The molecule has 29 heavy (non-hydrogen) atoms. The number of para-hydroxylation sites is 1. The summed E-state index contributed by atoms with van der Waals surface area (Å²) in [7, 11) is 1.64. The number of hydrogen-bond donors (Lipinski definition) is 1. The van der Waals surface area contributed by atoms with Gasteiger partial charge >= 0.3 is 0 Å². The van der Waals surface area contributed by atoms with E-state index in [-0.39, 0.29) is 12.5 Å². The van der Waals surface area contributed by atoms with Crippen molar-refractivity contribution >= 4 is 17.2 Å². The predicted molar refractivity (Wildman–Crippen MR) is 112 cm³/mol. The number of ether oxygens (including phenoxy) is 2. The van der Waals surface area contributed by atoms with Gasteiger partial charge in [-0.05, 0) is 55.5 Å². The van der Waals surface area contributed by atoms with Crippen molar-refractivity contribution < 1.29 is 14.3 Å². The largest absolute Gasteiger partial charge is 0.497 e. The molecule has 0 saturated heterocycles. The number of imidazole rings is 1. The van der Waals surface area contributed by atoms with Crippen molar-refractivity contribution in [2.24, 2.45) is 0 Å². The normalized spacial score (nSPS) is 10.7. The van der Waals surface area contributed by atoms with Gasteiger partial charge in [0, 0.05) is 17.5 Å². The van der Waals surface area contributed by atoms with Crippen molar-refractivity contribution in [1.82, 2.24) is 9.38 Å². The molecule has 146 valence electrons. The van der Waals surface area contributed by atoms with Crippen LogP contribution in [0.3, 0.4) is 0 Å². The van der Waals surface area contributed by atoms with E-state index in [4.69, 9.17) is 14.5 Å². The van der Waals surface area contributed by atoms with Crippen LogP contribution in [0.5, 0.6) is 11.5 Å². The fourth-order valence-electron chi connectivity index (χ4n) is 3.12. The third-order valence-electron chi connectivity index (χ3n) is 4.62. The number of pyridine rings is 1. The molecule has 0 spiro atoms. The van der Waals surface area contributed by atoms with Gasteiger partial charge in [-0.25, -0.2) is 4.98 Å². The van der Waals surface area contributed by atoms with Gasteiger partial charge in [-0.1, -0.05) is 18.2 Å². The molecule has 0 bridgehead atoms. The number of carbonyl (C=O) groups excluding carboxylic acids is 1. The molecule has 0 unspecified atom stereocenters. The maximum absolute atomic E-state index is 12.2. The van der Waals surface area contributed by atoms with Crippen LogP contribution < -0.4 is 14.8 Å². The lowest BCUT2D eigenvalue weighted by Gasteiger charge is -2.08. The van der Waals surface area contributed by atoms with Crippen LogP contribution >= 0.6 is 0 Å². The highest BCUT2D eigenvalue weighted by Gasteiger charge is 2.12. The Morgan fingerprint density at radius 1 is 1.00 bits per heavy atom. The highest BCUT2D eigenvalue weighted by molar-refractivity contribution is 5.92. The Labute approximate surface area is 168 Å². The molecular formula is C23H21N3O3. The molecule has 1 amide bonds. The van der Waals surface area contributed by atoms with Gasteiger partial charge < -0.3 is 19.2 Å². The Morgan fingerprint density at radius 2 is 1.76 bits per heavy atom. The zero-order chi connectivity index (χ0) is 20.2. The first kappa shape index (κ1) is 18.6. The number of fused-ring (bicyclic) bond motifs is 1. The molecule has 2 aromatic heterocycles. The first-order valence-electron chi connectivity index (χ1n) is 9.25. The molecule has 6 heteroatoms. The SMILES string of the molecule is COc1ccc(-c2nc3ccc(NC(=O)COc4ccccc4)cn3c2C)cc1. The summed E-state index contributed by atoms with van der Waals surface area (Å²) in [6.07, 6.45) is 1.87. The highest BCUT2D eigenvalue weighted by Crippen LogP contribution is 2.26. The van der Waals surface area contributed by atoms with E-state index in [1.165, 1.54) is 0 Å². The maximum atomic E-state index is 12.2. The average molecular weight is 387 g/mol. The van der Waals surface area contributed by atoms with Gasteiger partial charge in [0.2, 0.25) is 0 Å². The van der Waals surface area contributed by atoms with Gasteiger partial charge in [-0.3, -0.25) is 4.79 Å². The van der Waals surface area contributed by atoms with Crippen molar-refractivity contribution in [2.75, 3.05) is 19.0 Å². The van der Waals surface area contributed by atoms with Gasteiger partial charge in [0.15, 0.2) is 6.61 Å². The lowest BCUT2D eigenvalue weighted by Crippen LogP contribution is -2.20. The number of methoxy groups -OCH3 is 1. The molecule has 4 aromatic rings. The first-order valence-corrected chi connectivity index (χ1v) is 9.25. The van der Waals surface area contributed by atoms with Crippen molar-refractivity contribution in [3.05, 3.63) is 78.6 Å². The summed E-state index contributed by atoms with van der Waals surface area (Å²) in [5, 5.41) is 2.87. The van der Waals surface area contributed by atoms with Gasteiger partial charge in [0.25, 0.3) is 5.91 Å². The summed E-state index contributed by atoms with van der Waals surface area (Å²) in [5.74, 6) is 1.24. The van der Waals surface area contributed by atoms with Gasteiger partial charge in [-0.15, -0.1) is 0 Å². The van der Waals surface area contributed by atoms with E-state index < -0.39 is 0 Å². The number of amides is 1. The van der Waals surface area contributed by atoms with Crippen LogP contribution in [0.25, 0.3) is 16.9 Å². The minimum atomic E-state index is -0.221. The van der Waals surface area contributed by atoms with Gasteiger partial charge in [0.1, 0.15) is 17.1 Å². The quantitative estimate of drug-likeness (QED) is 0.535. The van der Waals surface area contributed by atoms with Crippen LogP contribution in [-0.4, -0.2) is 29.0 Å². The van der Waals surface area contributed by atoms with Crippen molar-refractivity contribution in [1.29, 1.82) is 0 Å². The van der Waals surface area contributed by atoms with Gasteiger partial charge in [-0.2, -0.15) is 0 Å². The van der Waals surface area contributed by atoms with E-state index in [9.17, 15) is 4.79 Å². The van der Waals surface area contributed by atoms with Crippen LogP contribution in [0.4, 0.5) is 5.69 Å². The standard InChI is InChI=1S/C23H21N3O3/c1-16-23(17-8-11-19(28-2)12-9-17)25-21-13-10-18(14-26(16)21)24-22(27)15-29-20-6-4-3-5-7-20/h3-14H,15H2,1-2H3,(H,24,27). The Balaban J connectivity index is 1.51. The first-order chi connectivity index (χ1) is 14.1. The number of carbonyl (C=O) groups is 1. The lowest BCUT2D eigenvalue weighted by molar-refractivity contribution is -0.118. The molecule has 0 radical (unpaired) electrons. The van der Waals surface area contributed by atoms with E-state index >= 15 is 0 Å². The molecule has 4 rings (SSSR count). The minimum absolute atomic E-state index is 0.0535. The number of benzene rings is 2. The van der Waals surface area contributed by atoms with Crippen LogP contribution in [0.2, 0.25) is 0 Å². The third-order valence-corrected chi connectivity index (χ3v) is 4.62. The number of aryl methyl sites for hydroxylation is 1. The second-order valence-corrected chi connectivity index (χ2v) is 6.57. The maximum Gasteiger partial charge on any atom is 0.262 e. The molecule has 2 aromatic carbocycles. The molecule has 0 aliphatic rings. The summed E-state index contributed by atoms with van der Waals surface area (Å²) >= 11 is 0. The number of anilines is 1. The molecular weight excluding hydrogens is 366 g/mol.